The van der Waals surface area contributed by atoms with E-state index in [-0.39, 0.29) is 17.4 Å². The molecule has 2 aliphatic rings. The Morgan fingerprint density at radius 2 is 1.77 bits per heavy atom. The summed E-state index contributed by atoms with van der Waals surface area (Å²) in [5.41, 5.74) is 1.52. The molecule has 1 aliphatic carbocycles. The van der Waals surface area contributed by atoms with Gasteiger partial charge in [0.25, 0.3) is 5.91 Å². The molecule has 4 rings (SSSR count). The number of amides is 2. The number of unbranched alkanes of at least 4 members (excludes halogenated alkanes) is 1. The molecule has 2 amide bonds. The number of hydrogen-bond acceptors (Lipinski definition) is 6. The van der Waals surface area contributed by atoms with Crippen molar-refractivity contribution in [1.29, 1.82) is 0 Å². The topological polar surface area (TPSA) is 83.1 Å². The van der Waals surface area contributed by atoms with Crippen LogP contribution in [0.25, 0.3) is 0 Å². The predicted octanol–water partition coefficient (Wildman–Crippen LogP) is 3.81. The van der Waals surface area contributed by atoms with Gasteiger partial charge in [-0.2, -0.15) is 0 Å². The molecule has 2 fully saturated rings. The summed E-state index contributed by atoms with van der Waals surface area (Å²) in [5.74, 6) is 1.18. The number of benzene rings is 2. The molecule has 1 saturated carbocycles. The summed E-state index contributed by atoms with van der Waals surface area (Å²) in [4.78, 5) is 30.5. The molecule has 2 aromatic carbocycles. The highest BCUT2D eigenvalue weighted by molar-refractivity contribution is 5.97. The Kier molecular flexibility index (Phi) is 10.0. The quantitative estimate of drug-likeness (QED) is 0.367. The maximum Gasteiger partial charge on any atom is 0.251 e. The fraction of sp³-hybridized carbons (Fsp3) is 0.548. The van der Waals surface area contributed by atoms with Crippen LogP contribution in [-0.4, -0.2) is 86.7 Å². The van der Waals surface area contributed by atoms with Gasteiger partial charge >= 0.3 is 0 Å². The van der Waals surface area contributed by atoms with Gasteiger partial charge in [0.1, 0.15) is 23.4 Å². The van der Waals surface area contributed by atoms with Gasteiger partial charge in [-0.25, -0.2) is 4.39 Å². The van der Waals surface area contributed by atoms with Crippen LogP contribution in [0.4, 0.5) is 4.39 Å². The summed E-state index contributed by atoms with van der Waals surface area (Å²) < 4.78 is 24.3. The van der Waals surface area contributed by atoms with E-state index in [1.54, 1.807) is 14.2 Å². The monoisotopic (exact) mass is 554 g/mol. The van der Waals surface area contributed by atoms with E-state index in [0.29, 0.717) is 31.0 Å². The molecule has 1 saturated heterocycles. The first-order valence-corrected chi connectivity index (χ1v) is 14.3. The molecule has 0 spiro atoms. The first-order chi connectivity index (χ1) is 19.3. The molecule has 9 heteroatoms. The highest BCUT2D eigenvalue weighted by Crippen LogP contribution is 2.54. The lowest BCUT2D eigenvalue weighted by Gasteiger charge is -2.36. The van der Waals surface area contributed by atoms with Crippen LogP contribution < -0.4 is 20.1 Å². The standard InChI is InChI=1S/C31H43FN4O4/c1-5-35-16-18-36(19-17-35)30(38)27(34-29(37)22-9-11-23(32)12-10-22)8-6-7-15-33-31(2)21-26(31)25-14-13-24(39-3)20-28(25)40-4/h9-14,20,26-27,33H,5-8,15-19,21H2,1-4H3,(H,34,37)/t26-,27-,31?/m0/s1. The minimum Gasteiger partial charge on any atom is -0.497 e. The maximum absolute atomic E-state index is 13.4. The molecular formula is C31H43FN4O4. The number of carbonyl (C=O) groups excluding carboxylic acids is 2. The second-order valence-electron chi connectivity index (χ2n) is 11.0. The molecule has 1 heterocycles. The van der Waals surface area contributed by atoms with Crippen LogP contribution >= 0.6 is 0 Å². The number of nitrogens with zero attached hydrogens (tertiary/aromatic N) is 2. The zero-order chi connectivity index (χ0) is 28.7. The first-order valence-electron chi connectivity index (χ1n) is 14.3. The van der Waals surface area contributed by atoms with Gasteiger partial charge < -0.3 is 29.9 Å². The van der Waals surface area contributed by atoms with E-state index in [2.05, 4.69) is 35.4 Å². The van der Waals surface area contributed by atoms with E-state index in [1.165, 1.54) is 29.8 Å². The molecule has 1 unspecified atom stereocenters. The number of piperazine rings is 1. The average Bonchev–Trinajstić information content (AvgIpc) is 3.66. The SMILES string of the molecule is CCN1CCN(C(=O)[C@H](CCCCNC2(C)C[C@H]2c2ccc(OC)cc2OC)NC(=O)c2ccc(F)cc2)CC1. The molecule has 0 radical (unpaired) electrons. The van der Waals surface area contributed by atoms with E-state index in [0.717, 1.165) is 56.9 Å². The second-order valence-corrected chi connectivity index (χ2v) is 11.0. The van der Waals surface area contributed by atoms with Gasteiger partial charge in [-0.05, 0) is 81.6 Å². The summed E-state index contributed by atoms with van der Waals surface area (Å²) in [6.45, 7) is 9.12. The first kappa shape index (κ1) is 29.8. The van der Waals surface area contributed by atoms with Crippen molar-refractivity contribution in [3.63, 3.8) is 0 Å². The lowest BCUT2D eigenvalue weighted by Crippen LogP contribution is -2.54. The Labute approximate surface area is 237 Å². The van der Waals surface area contributed by atoms with Crippen molar-refractivity contribution in [3.05, 3.63) is 59.4 Å². The third-order valence-electron chi connectivity index (χ3n) is 8.34. The van der Waals surface area contributed by atoms with Crippen molar-refractivity contribution >= 4 is 11.8 Å². The number of halogens is 1. The number of ether oxygens (including phenoxy) is 2. The number of rotatable bonds is 13. The van der Waals surface area contributed by atoms with E-state index in [1.807, 2.05) is 17.0 Å². The van der Waals surface area contributed by atoms with Crippen LogP contribution in [0.5, 0.6) is 11.5 Å². The fourth-order valence-corrected chi connectivity index (χ4v) is 5.57. The zero-order valence-electron chi connectivity index (χ0n) is 24.2. The molecule has 0 bridgehead atoms. The van der Waals surface area contributed by atoms with Crippen LogP contribution in [-0.2, 0) is 4.79 Å². The molecular weight excluding hydrogens is 511 g/mol. The Morgan fingerprint density at radius 3 is 2.42 bits per heavy atom. The van der Waals surface area contributed by atoms with Crippen LogP contribution in [0.3, 0.4) is 0 Å². The number of methoxy groups -OCH3 is 2. The highest BCUT2D eigenvalue weighted by Gasteiger charge is 2.51. The van der Waals surface area contributed by atoms with Gasteiger partial charge in [0.2, 0.25) is 5.91 Å². The summed E-state index contributed by atoms with van der Waals surface area (Å²) >= 11 is 0. The van der Waals surface area contributed by atoms with Gasteiger partial charge in [0.05, 0.1) is 14.2 Å². The number of hydrogen-bond donors (Lipinski definition) is 2. The number of nitrogens with one attached hydrogen (secondary N) is 2. The van der Waals surface area contributed by atoms with Gasteiger partial charge in [0.15, 0.2) is 0 Å². The lowest BCUT2D eigenvalue weighted by atomic mass is 10.0. The number of likely N-dealkylation sites (N-methyl/N-ethyl adjacent to an activating group) is 1. The van der Waals surface area contributed by atoms with E-state index >= 15 is 0 Å². The minimum absolute atomic E-state index is 0.00710. The summed E-state index contributed by atoms with van der Waals surface area (Å²) in [6, 6.07) is 10.8. The maximum atomic E-state index is 13.4. The Morgan fingerprint density at radius 1 is 1.05 bits per heavy atom. The van der Waals surface area contributed by atoms with Crippen LogP contribution in [0.2, 0.25) is 0 Å². The summed E-state index contributed by atoms with van der Waals surface area (Å²) in [5, 5.41) is 6.63. The van der Waals surface area contributed by atoms with Crippen molar-refractivity contribution in [1.82, 2.24) is 20.4 Å². The third-order valence-corrected chi connectivity index (χ3v) is 8.34. The van der Waals surface area contributed by atoms with E-state index in [4.69, 9.17) is 9.47 Å². The molecule has 2 N–H and O–H groups in total. The van der Waals surface area contributed by atoms with Crippen molar-refractivity contribution < 1.29 is 23.5 Å². The molecule has 1 aliphatic heterocycles. The molecule has 40 heavy (non-hydrogen) atoms. The van der Waals surface area contributed by atoms with Crippen LogP contribution in [0.15, 0.2) is 42.5 Å². The van der Waals surface area contributed by atoms with Gasteiger partial charge in [-0.3, -0.25) is 9.59 Å². The van der Waals surface area contributed by atoms with Gasteiger partial charge in [0, 0.05) is 49.3 Å². The molecule has 3 atom stereocenters. The highest BCUT2D eigenvalue weighted by atomic mass is 19.1. The third kappa shape index (κ3) is 7.31. The van der Waals surface area contributed by atoms with Gasteiger partial charge in [-0.15, -0.1) is 0 Å². The Bertz CT molecular complexity index is 1150. The van der Waals surface area contributed by atoms with Crippen LogP contribution in [0, 0.1) is 5.82 Å². The zero-order valence-corrected chi connectivity index (χ0v) is 24.2. The molecule has 2 aromatic rings. The van der Waals surface area contributed by atoms with Crippen molar-refractivity contribution in [2.45, 2.75) is 57.0 Å². The van der Waals surface area contributed by atoms with Gasteiger partial charge in [-0.1, -0.05) is 13.0 Å². The molecule has 0 aromatic heterocycles. The smallest absolute Gasteiger partial charge is 0.251 e. The Hall–Kier alpha value is -3.17. The average molecular weight is 555 g/mol. The van der Waals surface area contributed by atoms with Crippen molar-refractivity contribution in [2.75, 3.05) is 53.5 Å². The second kappa shape index (κ2) is 13.5. The largest absolute Gasteiger partial charge is 0.497 e. The van der Waals surface area contributed by atoms with Crippen molar-refractivity contribution in [2.24, 2.45) is 0 Å². The number of carbonyl (C=O) groups is 2. The summed E-state index contributed by atoms with van der Waals surface area (Å²) in [7, 11) is 3.33. The predicted molar refractivity (Wildman–Crippen MR) is 154 cm³/mol. The van der Waals surface area contributed by atoms with E-state index < -0.39 is 11.9 Å². The Balaban J connectivity index is 1.30. The molecule has 218 valence electrons. The lowest BCUT2D eigenvalue weighted by molar-refractivity contribution is -0.135. The normalized spacial score (nSPS) is 21.5. The van der Waals surface area contributed by atoms with Crippen molar-refractivity contribution in [3.8, 4) is 11.5 Å². The summed E-state index contributed by atoms with van der Waals surface area (Å²) in [6.07, 6.45) is 3.23. The fourth-order valence-electron chi connectivity index (χ4n) is 5.57. The van der Waals surface area contributed by atoms with Crippen LogP contribution in [0.1, 0.15) is 61.4 Å². The van der Waals surface area contributed by atoms with E-state index in [9.17, 15) is 14.0 Å². The minimum atomic E-state index is -0.612. The molecule has 8 nitrogen and oxygen atoms in total.